The lowest BCUT2D eigenvalue weighted by atomic mass is 10.7. The molecule has 0 aromatic carbocycles. The summed E-state index contributed by atoms with van der Waals surface area (Å²) in [6.07, 6.45) is -8.84. The first-order valence-electron chi connectivity index (χ1n) is 3.29. The molecule has 0 atom stereocenters. The van der Waals surface area contributed by atoms with Gasteiger partial charge in [-0.05, 0) is 0 Å². The molecule has 0 aliphatic carbocycles. The van der Waals surface area contributed by atoms with E-state index in [1.807, 2.05) is 0 Å². The lowest BCUT2D eigenvalue weighted by Crippen LogP contribution is -2.23. The lowest BCUT2D eigenvalue weighted by molar-refractivity contribution is -0.423. The second-order valence-electron chi connectivity index (χ2n) is 2.08. The Hall–Kier alpha value is -0.480. The first-order chi connectivity index (χ1) is 7.22. The molecule has 0 aromatic heterocycles. The zero-order valence-electron chi connectivity index (χ0n) is 7.17. The van der Waals surface area contributed by atoms with E-state index in [0.717, 1.165) is 0 Å². The van der Waals surface area contributed by atoms with Gasteiger partial charge in [0.25, 0.3) is 0 Å². The monoisotopic (exact) mass is 277 g/mol. The van der Waals surface area contributed by atoms with Crippen molar-refractivity contribution < 1.29 is 50.0 Å². The number of halogens is 6. The van der Waals surface area contributed by atoms with Crippen molar-refractivity contribution in [1.29, 1.82) is 0 Å². The molecule has 16 heavy (non-hydrogen) atoms. The fraction of sp³-hybridized carbons (Fsp3) is 1.00. The molecule has 96 valence electrons. The van der Waals surface area contributed by atoms with E-state index in [4.69, 9.17) is 0 Å². The maximum atomic E-state index is 11.9. The van der Waals surface area contributed by atoms with Gasteiger partial charge in [0.1, 0.15) is 0 Å². The zero-order chi connectivity index (χ0) is 12.8. The predicted molar refractivity (Wildman–Crippen MR) is 33.8 cm³/mol. The fourth-order valence-electron chi connectivity index (χ4n) is 0.227. The molecule has 0 heterocycles. The lowest BCUT2D eigenvalue weighted by Gasteiger charge is -2.06. The highest BCUT2D eigenvalue weighted by Crippen LogP contribution is 2.32. The van der Waals surface area contributed by atoms with E-state index in [2.05, 4.69) is 19.1 Å². The van der Waals surface area contributed by atoms with Crippen molar-refractivity contribution in [3.05, 3.63) is 0 Å². The smallest absolute Gasteiger partial charge is 0.241 e. The van der Waals surface area contributed by atoms with Crippen molar-refractivity contribution in [3.63, 3.8) is 0 Å². The van der Waals surface area contributed by atoms with Crippen LogP contribution in [0.4, 0.5) is 26.3 Å². The number of hydrogen-bond donors (Lipinski definition) is 0. The second-order valence-corrected chi connectivity index (χ2v) is 2.83. The molecule has 0 amide bonds. The van der Waals surface area contributed by atoms with E-state index in [9.17, 15) is 30.9 Å². The molecule has 0 aromatic rings. The van der Waals surface area contributed by atoms with Crippen molar-refractivity contribution in [2.24, 2.45) is 0 Å². The zero-order valence-corrected chi connectivity index (χ0v) is 8.06. The maximum Gasteiger partial charge on any atom is 0.760 e. The standard InChI is InChI=1S/C4H4F6O5P/c5-1-3(7,8)12-14-16(11)15-13-4(9,10)2-6/h1-2H2/q+1. The van der Waals surface area contributed by atoms with Crippen LogP contribution in [0.2, 0.25) is 0 Å². The molecule has 5 nitrogen and oxygen atoms in total. The van der Waals surface area contributed by atoms with Gasteiger partial charge in [-0.2, -0.15) is 17.6 Å². The van der Waals surface area contributed by atoms with Crippen LogP contribution < -0.4 is 0 Å². The Morgan fingerprint density at radius 1 is 0.875 bits per heavy atom. The van der Waals surface area contributed by atoms with Crippen LogP contribution in [0.5, 0.6) is 0 Å². The molecule has 0 rings (SSSR count). The van der Waals surface area contributed by atoms with Crippen LogP contribution in [-0.2, 0) is 23.7 Å². The molecule has 0 bridgehead atoms. The molecular formula is C4H4F6O5P+. The van der Waals surface area contributed by atoms with Gasteiger partial charge in [-0.15, -0.1) is 9.78 Å². The highest BCUT2D eigenvalue weighted by atomic mass is 31.1. The van der Waals surface area contributed by atoms with Crippen molar-refractivity contribution >= 4 is 8.25 Å². The van der Waals surface area contributed by atoms with Crippen molar-refractivity contribution in [1.82, 2.24) is 0 Å². The molecule has 0 saturated carbocycles. The third-order valence-corrected chi connectivity index (χ3v) is 1.14. The van der Waals surface area contributed by atoms with Crippen LogP contribution in [0, 0.1) is 0 Å². The van der Waals surface area contributed by atoms with E-state index in [-0.39, 0.29) is 0 Å². The summed E-state index contributed by atoms with van der Waals surface area (Å²) in [4.78, 5) is 5.81. The minimum atomic E-state index is -4.42. The van der Waals surface area contributed by atoms with E-state index in [0.29, 0.717) is 0 Å². The summed E-state index contributed by atoms with van der Waals surface area (Å²) in [5.74, 6) is 0. The summed E-state index contributed by atoms with van der Waals surface area (Å²) in [5, 5.41) is 0. The minimum absolute atomic E-state index is 2.31. The van der Waals surface area contributed by atoms with Crippen LogP contribution in [-0.4, -0.2) is 25.6 Å². The minimum Gasteiger partial charge on any atom is -0.241 e. The van der Waals surface area contributed by atoms with Crippen LogP contribution in [0.1, 0.15) is 0 Å². The summed E-state index contributed by atoms with van der Waals surface area (Å²) in [6.45, 7) is -4.62. The van der Waals surface area contributed by atoms with Gasteiger partial charge in [0, 0.05) is 4.57 Å². The average Bonchev–Trinajstić information content (AvgIpc) is 2.24. The maximum absolute atomic E-state index is 11.9. The quantitative estimate of drug-likeness (QED) is 0.295. The Balaban J connectivity index is 3.85. The third-order valence-electron chi connectivity index (χ3n) is 0.751. The highest BCUT2D eigenvalue weighted by Gasteiger charge is 2.42. The second kappa shape index (κ2) is 6.30. The molecule has 12 heteroatoms. The Kier molecular flexibility index (Phi) is 6.11. The van der Waals surface area contributed by atoms with Crippen LogP contribution in [0.3, 0.4) is 0 Å². The van der Waals surface area contributed by atoms with Crippen LogP contribution in [0.15, 0.2) is 0 Å². The van der Waals surface area contributed by atoms with Gasteiger partial charge in [-0.3, -0.25) is 0 Å². The summed E-state index contributed by atoms with van der Waals surface area (Å²) < 4.78 is 86.9. The molecule has 0 aliphatic heterocycles. The van der Waals surface area contributed by atoms with Crippen LogP contribution >= 0.6 is 8.25 Å². The first kappa shape index (κ1) is 15.5. The first-order valence-corrected chi connectivity index (χ1v) is 4.38. The topological polar surface area (TPSA) is 54.0 Å². The number of rotatable bonds is 8. The number of alkyl halides is 6. The molecule has 0 saturated heterocycles. The van der Waals surface area contributed by atoms with E-state index < -0.39 is 33.8 Å². The van der Waals surface area contributed by atoms with Gasteiger partial charge < -0.3 is 0 Å². The van der Waals surface area contributed by atoms with Crippen molar-refractivity contribution in [3.8, 4) is 0 Å². The fourth-order valence-corrected chi connectivity index (χ4v) is 0.592. The molecule has 0 radical (unpaired) electrons. The van der Waals surface area contributed by atoms with Gasteiger partial charge in [-0.1, -0.05) is 0 Å². The Labute approximate surface area is 85.0 Å². The van der Waals surface area contributed by atoms with E-state index in [1.165, 1.54) is 0 Å². The summed E-state index contributed by atoms with van der Waals surface area (Å²) in [5.41, 5.74) is 0. The van der Waals surface area contributed by atoms with Gasteiger partial charge in [0.05, 0.1) is 9.35 Å². The predicted octanol–water partition coefficient (Wildman–Crippen LogP) is 2.66. The molecule has 0 unspecified atom stereocenters. The molecular weight excluding hydrogens is 273 g/mol. The Bertz CT molecular complexity index is 215. The summed E-state index contributed by atoms with van der Waals surface area (Å²) in [6, 6.07) is 0. The van der Waals surface area contributed by atoms with Crippen molar-refractivity contribution in [2.75, 3.05) is 13.3 Å². The SMILES string of the molecule is O=[P+](OOC(F)(F)CF)OOC(F)(F)CF. The molecule has 0 aliphatic rings. The van der Waals surface area contributed by atoms with Crippen molar-refractivity contribution in [2.45, 2.75) is 12.2 Å². The number of hydrogen-bond acceptors (Lipinski definition) is 5. The Morgan fingerprint density at radius 3 is 1.44 bits per heavy atom. The molecule has 0 spiro atoms. The third kappa shape index (κ3) is 6.90. The van der Waals surface area contributed by atoms with Gasteiger partial charge >= 0.3 is 20.5 Å². The van der Waals surface area contributed by atoms with Gasteiger partial charge in [0.2, 0.25) is 0 Å². The molecule has 0 fully saturated rings. The van der Waals surface area contributed by atoms with Gasteiger partial charge in [-0.25, -0.2) is 8.78 Å². The van der Waals surface area contributed by atoms with Crippen LogP contribution in [0.25, 0.3) is 0 Å². The van der Waals surface area contributed by atoms with Gasteiger partial charge in [0.15, 0.2) is 13.3 Å². The largest absolute Gasteiger partial charge is 0.760 e. The normalized spacial score (nSPS) is 12.9. The highest BCUT2D eigenvalue weighted by molar-refractivity contribution is 7.32. The summed E-state index contributed by atoms with van der Waals surface area (Å²) in [7, 11) is -3.71. The molecule has 0 N–H and O–H groups in total. The average molecular weight is 277 g/mol. The summed E-state index contributed by atoms with van der Waals surface area (Å²) >= 11 is 0. The Morgan fingerprint density at radius 2 is 1.19 bits per heavy atom. The van der Waals surface area contributed by atoms with E-state index >= 15 is 0 Å². The van der Waals surface area contributed by atoms with E-state index in [1.54, 1.807) is 0 Å².